The first kappa shape index (κ1) is 9.62. The van der Waals surface area contributed by atoms with Crippen molar-refractivity contribution in [3.63, 3.8) is 0 Å². The zero-order chi connectivity index (χ0) is 9.80. The Kier molecular flexibility index (Phi) is 3.11. The molecule has 0 atom stereocenters. The molecule has 0 bridgehead atoms. The number of hydrogen-bond donors (Lipinski definition) is 1. The molecular formula is C11H10OS2. The summed E-state index contributed by atoms with van der Waals surface area (Å²) in [6, 6.07) is 9.48. The first-order valence-corrected chi connectivity index (χ1v) is 6.20. The fraction of sp³-hybridized carbons (Fsp3) is 0.0909. The van der Waals surface area contributed by atoms with Crippen LogP contribution in [0.25, 0.3) is 0 Å². The number of phenolic OH excluding ortho intramolecular Hbond substituents is 1. The largest absolute Gasteiger partial charge is 0.508 e. The summed E-state index contributed by atoms with van der Waals surface area (Å²) < 4.78 is 0. The van der Waals surface area contributed by atoms with E-state index in [4.69, 9.17) is 0 Å². The molecule has 1 aromatic carbocycles. The van der Waals surface area contributed by atoms with Crippen LogP contribution in [0.3, 0.4) is 0 Å². The van der Waals surface area contributed by atoms with Crippen molar-refractivity contribution in [2.75, 3.05) is 0 Å². The number of thiophene rings is 1. The molecule has 1 nitrogen and oxygen atoms in total. The number of aromatic hydroxyl groups is 1. The van der Waals surface area contributed by atoms with E-state index in [-0.39, 0.29) is 0 Å². The first-order chi connectivity index (χ1) is 6.84. The summed E-state index contributed by atoms with van der Waals surface area (Å²) in [5.74, 6) is 1.30. The van der Waals surface area contributed by atoms with Gasteiger partial charge in [0, 0.05) is 10.6 Å². The Balaban J connectivity index is 1.98. The molecule has 2 aromatic rings. The van der Waals surface area contributed by atoms with Crippen LogP contribution in [-0.2, 0) is 5.75 Å². The van der Waals surface area contributed by atoms with Gasteiger partial charge >= 0.3 is 0 Å². The molecule has 1 heterocycles. The van der Waals surface area contributed by atoms with Crippen LogP contribution in [0, 0.1) is 0 Å². The Morgan fingerprint density at radius 1 is 1.29 bits per heavy atom. The first-order valence-electron chi connectivity index (χ1n) is 4.27. The van der Waals surface area contributed by atoms with Crippen molar-refractivity contribution >= 4 is 23.1 Å². The van der Waals surface area contributed by atoms with E-state index in [0.717, 1.165) is 10.6 Å². The monoisotopic (exact) mass is 222 g/mol. The molecule has 0 saturated carbocycles. The van der Waals surface area contributed by atoms with E-state index in [1.165, 1.54) is 5.56 Å². The molecule has 0 fully saturated rings. The van der Waals surface area contributed by atoms with Crippen LogP contribution in [0.2, 0.25) is 0 Å². The van der Waals surface area contributed by atoms with Gasteiger partial charge in [-0.1, -0.05) is 6.07 Å². The summed E-state index contributed by atoms with van der Waals surface area (Å²) in [5.41, 5.74) is 1.34. The third-order valence-corrected chi connectivity index (χ3v) is 3.60. The van der Waals surface area contributed by atoms with E-state index in [0.29, 0.717) is 5.75 Å². The predicted molar refractivity (Wildman–Crippen MR) is 62.0 cm³/mol. The molecule has 0 unspecified atom stereocenters. The predicted octanol–water partition coefficient (Wildman–Crippen LogP) is 3.75. The molecule has 0 radical (unpaired) electrons. The lowest BCUT2D eigenvalue weighted by molar-refractivity contribution is 0.474. The summed E-state index contributed by atoms with van der Waals surface area (Å²) in [4.78, 5) is 1.11. The van der Waals surface area contributed by atoms with Gasteiger partial charge in [-0.05, 0) is 40.6 Å². The minimum atomic E-state index is 0.334. The lowest BCUT2D eigenvalue weighted by Gasteiger charge is -2.00. The molecule has 0 aliphatic carbocycles. The van der Waals surface area contributed by atoms with Gasteiger partial charge in [0.05, 0.1) is 0 Å². The second-order valence-electron chi connectivity index (χ2n) is 2.92. The van der Waals surface area contributed by atoms with Crippen molar-refractivity contribution in [2.24, 2.45) is 0 Å². The summed E-state index contributed by atoms with van der Waals surface area (Å²) in [5, 5.41) is 13.5. The molecule has 0 amide bonds. The van der Waals surface area contributed by atoms with Crippen LogP contribution in [0.5, 0.6) is 5.75 Å². The third-order valence-electron chi connectivity index (χ3n) is 1.80. The number of rotatable bonds is 3. The van der Waals surface area contributed by atoms with E-state index < -0.39 is 0 Å². The zero-order valence-corrected chi connectivity index (χ0v) is 9.15. The van der Waals surface area contributed by atoms with E-state index in [1.807, 2.05) is 12.1 Å². The average Bonchev–Trinajstić information content (AvgIpc) is 2.67. The van der Waals surface area contributed by atoms with Crippen LogP contribution in [0.4, 0.5) is 0 Å². The van der Waals surface area contributed by atoms with Crippen LogP contribution in [0.15, 0.2) is 46.0 Å². The molecule has 2 rings (SSSR count). The summed E-state index contributed by atoms with van der Waals surface area (Å²) in [7, 11) is 0. The van der Waals surface area contributed by atoms with Crippen LogP contribution < -0.4 is 0 Å². The normalized spacial score (nSPS) is 10.3. The van der Waals surface area contributed by atoms with Gasteiger partial charge in [0.15, 0.2) is 0 Å². The van der Waals surface area contributed by atoms with Crippen LogP contribution >= 0.6 is 23.1 Å². The molecular weight excluding hydrogens is 212 g/mol. The highest BCUT2D eigenvalue weighted by Crippen LogP contribution is 2.26. The highest BCUT2D eigenvalue weighted by molar-refractivity contribution is 7.98. The fourth-order valence-electron chi connectivity index (χ4n) is 1.11. The van der Waals surface area contributed by atoms with Crippen molar-refractivity contribution in [3.8, 4) is 5.75 Å². The molecule has 72 valence electrons. The van der Waals surface area contributed by atoms with Gasteiger partial charge in [0.1, 0.15) is 5.75 Å². The maximum absolute atomic E-state index is 9.26. The number of benzene rings is 1. The summed E-state index contributed by atoms with van der Waals surface area (Å²) in [6.07, 6.45) is 0. The second kappa shape index (κ2) is 4.53. The molecule has 0 saturated heterocycles. The second-order valence-corrected chi connectivity index (χ2v) is 4.75. The van der Waals surface area contributed by atoms with E-state index in [2.05, 4.69) is 16.8 Å². The molecule has 0 aliphatic rings. The lowest BCUT2D eigenvalue weighted by Crippen LogP contribution is -1.75. The third kappa shape index (κ3) is 2.53. The maximum atomic E-state index is 9.26. The van der Waals surface area contributed by atoms with Crippen molar-refractivity contribution in [1.82, 2.24) is 0 Å². The van der Waals surface area contributed by atoms with Crippen LogP contribution in [0.1, 0.15) is 5.56 Å². The van der Waals surface area contributed by atoms with Gasteiger partial charge in [-0.2, -0.15) is 11.3 Å². The molecule has 3 heteroatoms. The molecule has 14 heavy (non-hydrogen) atoms. The number of thioether (sulfide) groups is 1. The topological polar surface area (TPSA) is 20.2 Å². The Morgan fingerprint density at radius 2 is 2.21 bits per heavy atom. The SMILES string of the molecule is Oc1cccc(SCc2ccsc2)c1. The fourth-order valence-corrected chi connectivity index (χ4v) is 2.78. The Morgan fingerprint density at radius 3 is 2.93 bits per heavy atom. The van der Waals surface area contributed by atoms with Crippen molar-refractivity contribution < 1.29 is 5.11 Å². The van der Waals surface area contributed by atoms with Gasteiger partial charge in [-0.25, -0.2) is 0 Å². The van der Waals surface area contributed by atoms with Crippen LogP contribution in [-0.4, -0.2) is 5.11 Å². The van der Waals surface area contributed by atoms with Gasteiger partial charge in [0.25, 0.3) is 0 Å². The van der Waals surface area contributed by atoms with Gasteiger partial charge in [-0.15, -0.1) is 11.8 Å². The highest BCUT2D eigenvalue weighted by Gasteiger charge is 1.97. The average molecular weight is 222 g/mol. The quantitative estimate of drug-likeness (QED) is 0.798. The number of phenols is 1. The maximum Gasteiger partial charge on any atom is 0.116 e. The Bertz CT molecular complexity index is 395. The van der Waals surface area contributed by atoms with E-state index in [1.54, 1.807) is 35.2 Å². The molecule has 0 spiro atoms. The van der Waals surface area contributed by atoms with E-state index >= 15 is 0 Å². The van der Waals surface area contributed by atoms with E-state index in [9.17, 15) is 5.11 Å². The number of hydrogen-bond acceptors (Lipinski definition) is 3. The molecule has 0 aliphatic heterocycles. The van der Waals surface area contributed by atoms with Crippen molar-refractivity contribution in [1.29, 1.82) is 0 Å². The van der Waals surface area contributed by atoms with Crippen molar-refractivity contribution in [3.05, 3.63) is 46.7 Å². The highest BCUT2D eigenvalue weighted by atomic mass is 32.2. The molecule has 1 N–H and O–H groups in total. The van der Waals surface area contributed by atoms with Gasteiger partial charge in [0.2, 0.25) is 0 Å². The Hall–Kier alpha value is -0.930. The summed E-state index contributed by atoms with van der Waals surface area (Å²) in [6.45, 7) is 0. The minimum Gasteiger partial charge on any atom is -0.508 e. The standard InChI is InChI=1S/C11H10OS2/c12-10-2-1-3-11(6-10)14-8-9-4-5-13-7-9/h1-7,12H,8H2. The summed E-state index contributed by atoms with van der Waals surface area (Å²) >= 11 is 3.45. The van der Waals surface area contributed by atoms with Gasteiger partial charge in [-0.3, -0.25) is 0 Å². The van der Waals surface area contributed by atoms with Crippen molar-refractivity contribution in [2.45, 2.75) is 10.6 Å². The zero-order valence-electron chi connectivity index (χ0n) is 7.51. The molecule has 1 aromatic heterocycles. The lowest BCUT2D eigenvalue weighted by atomic mass is 10.3. The Labute approximate surface area is 91.4 Å². The minimum absolute atomic E-state index is 0.334. The van der Waals surface area contributed by atoms with Gasteiger partial charge < -0.3 is 5.11 Å². The smallest absolute Gasteiger partial charge is 0.116 e.